The lowest BCUT2D eigenvalue weighted by molar-refractivity contribution is 0.0698. The molecule has 0 aliphatic heterocycles. The molecule has 0 bridgehead atoms. The number of aromatic carboxylic acids is 1. The van der Waals surface area contributed by atoms with Crippen LogP contribution in [-0.4, -0.2) is 21.0 Å². The van der Waals surface area contributed by atoms with E-state index in [1.807, 2.05) is 13.0 Å². The van der Waals surface area contributed by atoms with E-state index in [-0.39, 0.29) is 5.56 Å². The molecule has 2 rings (SSSR count). The van der Waals surface area contributed by atoms with Gasteiger partial charge in [0.15, 0.2) is 0 Å². The van der Waals surface area contributed by atoms with Crippen LogP contribution in [0.2, 0.25) is 0 Å². The van der Waals surface area contributed by atoms with Crippen molar-refractivity contribution in [3.8, 4) is 0 Å². The molecule has 0 atom stereocenters. The summed E-state index contributed by atoms with van der Waals surface area (Å²) in [5, 5.41) is 12.2. The highest BCUT2D eigenvalue weighted by molar-refractivity contribution is 5.94. The largest absolute Gasteiger partial charge is 0.478 e. The summed E-state index contributed by atoms with van der Waals surface area (Å²) >= 11 is 0. The third-order valence-electron chi connectivity index (χ3n) is 2.51. The molecule has 0 saturated heterocycles. The number of anilines is 1. The van der Waals surface area contributed by atoms with E-state index in [2.05, 4.69) is 15.3 Å². The molecule has 0 fully saturated rings. The quantitative estimate of drug-likeness (QED) is 0.860. The van der Waals surface area contributed by atoms with Gasteiger partial charge in [-0.3, -0.25) is 0 Å². The lowest BCUT2D eigenvalue weighted by Gasteiger charge is -2.10. The van der Waals surface area contributed by atoms with Crippen molar-refractivity contribution in [1.82, 2.24) is 9.97 Å². The van der Waals surface area contributed by atoms with E-state index in [0.717, 1.165) is 11.3 Å². The maximum atomic E-state index is 11.1. The van der Waals surface area contributed by atoms with Gasteiger partial charge in [0, 0.05) is 11.9 Å². The van der Waals surface area contributed by atoms with Crippen molar-refractivity contribution in [3.63, 3.8) is 0 Å². The summed E-state index contributed by atoms with van der Waals surface area (Å²) in [7, 11) is 0. The molecule has 1 aromatic carbocycles. The Labute approximate surface area is 105 Å². The van der Waals surface area contributed by atoms with Crippen molar-refractivity contribution in [2.24, 2.45) is 0 Å². The first-order valence-corrected chi connectivity index (χ1v) is 5.49. The van der Waals surface area contributed by atoms with Gasteiger partial charge < -0.3 is 10.4 Å². The number of rotatable bonds is 4. The fourth-order valence-electron chi connectivity index (χ4n) is 1.60. The summed E-state index contributed by atoms with van der Waals surface area (Å²) in [5.41, 5.74) is 2.67. The number of carboxylic acid groups (broad SMARTS) is 1. The number of benzene rings is 1. The summed E-state index contributed by atoms with van der Waals surface area (Å²) in [5.74, 6) is -0.944. The van der Waals surface area contributed by atoms with E-state index in [1.54, 1.807) is 24.4 Å². The predicted octanol–water partition coefficient (Wildman–Crippen LogP) is 2.10. The van der Waals surface area contributed by atoms with Crippen LogP contribution in [0.4, 0.5) is 5.69 Å². The van der Waals surface area contributed by atoms with Crippen molar-refractivity contribution < 1.29 is 9.90 Å². The van der Waals surface area contributed by atoms with Crippen molar-refractivity contribution in [2.45, 2.75) is 13.5 Å². The van der Waals surface area contributed by atoms with Crippen molar-refractivity contribution in [3.05, 3.63) is 53.6 Å². The number of hydrogen-bond acceptors (Lipinski definition) is 4. The number of nitrogens with one attached hydrogen (secondary N) is 1. The van der Waals surface area contributed by atoms with E-state index in [0.29, 0.717) is 12.2 Å². The first kappa shape index (κ1) is 12.0. The average molecular weight is 243 g/mol. The highest BCUT2D eigenvalue weighted by Crippen LogP contribution is 2.18. The van der Waals surface area contributed by atoms with Gasteiger partial charge in [-0.15, -0.1) is 0 Å². The molecule has 1 heterocycles. The Morgan fingerprint density at radius 3 is 2.89 bits per heavy atom. The summed E-state index contributed by atoms with van der Waals surface area (Å²) in [6.45, 7) is 2.38. The van der Waals surface area contributed by atoms with Crippen LogP contribution < -0.4 is 5.32 Å². The topological polar surface area (TPSA) is 75.1 Å². The van der Waals surface area contributed by atoms with Gasteiger partial charge in [0.25, 0.3) is 0 Å². The lowest BCUT2D eigenvalue weighted by atomic mass is 10.1. The van der Waals surface area contributed by atoms with E-state index < -0.39 is 5.97 Å². The smallest absolute Gasteiger partial charge is 0.337 e. The number of carboxylic acids is 1. The first-order chi connectivity index (χ1) is 8.66. The van der Waals surface area contributed by atoms with Crippen LogP contribution in [0.1, 0.15) is 21.6 Å². The minimum atomic E-state index is -0.944. The van der Waals surface area contributed by atoms with Gasteiger partial charge >= 0.3 is 5.97 Å². The Bertz CT molecular complexity index is 555. The van der Waals surface area contributed by atoms with Crippen LogP contribution in [0, 0.1) is 6.92 Å². The maximum Gasteiger partial charge on any atom is 0.337 e. The van der Waals surface area contributed by atoms with Gasteiger partial charge in [0.05, 0.1) is 17.8 Å². The second-order valence-corrected chi connectivity index (χ2v) is 3.91. The average Bonchev–Trinajstić information content (AvgIpc) is 2.37. The SMILES string of the molecule is Cc1ccc(C(=O)O)c(NCc2ccncn2)c1. The Balaban J connectivity index is 2.18. The highest BCUT2D eigenvalue weighted by atomic mass is 16.4. The molecular formula is C13H13N3O2. The van der Waals surface area contributed by atoms with Gasteiger partial charge in [0.2, 0.25) is 0 Å². The van der Waals surface area contributed by atoms with Crippen molar-refractivity contribution in [1.29, 1.82) is 0 Å². The summed E-state index contributed by atoms with van der Waals surface area (Å²) in [6, 6.07) is 6.97. The molecule has 5 nitrogen and oxygen atoms in total. The standard InChI is InChI=1S/C13H13N3O2/c1-9-2-3-11(13(17)18)12(6-9)15-7-10-4-5-14-8-16-10/h2-6,8,15H,7H2,1H3,(H,17,18). The Hall–Kier alpha value is -2.43. The molecule has 0 saturated carbocycles. The van der Waals surface area contributed by atoms with Gasteiger partial charge in [0.1, 0.15) is 6.33 Å². The van der Waals surface area contributed by atoms with Crippen LogP contribution in [0.5, 0.6) is 0 Å². The second-order valence-electron chi connectivity index (χ2n) is 3.91. The molecule has 2 aromatic rings. The van der Waals surface area contributed by atoms with Crippen molar-refractivity contribution in [2.75, 3.05) is 5.32 Å². The minimum Gasteiger partial charge on any atom is -0.478 e. The molecule has 0 aliphatic carbocycles. The third-order valence-corrected chi connectivity index (χ3v) is 2.51. The molecule has 18 heavy (non-hydrogen) atoms. The maximum absolute atomic E-state index is 11.1. The fraction of sp³-hybridized carbons (Fsp3) is 0.154. The summed E-state index contributed by atoms with van der Waals surface area (Å²) in [4.78, 5) is 19.0. The number of nitrogens with zero attached hydrogens (tertiary/aromatic N) is 2. The molecular weight excluding hydrogens is 230 g/mol. The van der Waals surface area contributed by atoms with Crippen molar-refractivity contribution >= 4 is 11.7 Å². The summed E-state index contributed by atoms with van der Waals surface area (Å²) < 4.78 is 0. The molecule has 0 spiro atoms. The molecule has 1 aromatic heterocycles. The molecule has 92 valence electrons. The Kier molecular flexibility index (Phi) is 3.52. The Morgan fingerprint density at radius 2 is 2.22 bits per heavy atom. The lowest BCUT2D eigenvalue weighted by Crippen LogP contribution is -2.07. The number of aromatic nitrogens is 2. The Morgan fingerprint density at radius 1 is 1.39 bits per heavy atom. The van der Waals surface area contributed by atoms with E-state index in [1.165, 1.54) is 6.33 Å². The monoisotopic (exact) mass is 243 g/mol. The van der Waals surface area contributed by atoms with Crippen LogP contribution in [0.3, 0.4) is 0 Å². The van der Waals surface area contributed by atoms with Gasteiger partial charge in [-0.25, -0.2) is 14.8 Å². The zero-order chi connectivity index (χ0) is 13.0. The van der Waals surface area contributed by atoms with E-state index in [9.17, 15) is 4.79 Å². The third kappa shape index (κ3) is 2.82. The summed E-state index contributed by atoms with van der Waals surface area (Å²) in [6.07, 6.45) is 3.11. The number of aryl methyl sites for hydroxylation is 1. The van der Waals surface area contributed by atoms with Gasteiger partial charge in [-0.05, 0) is 30.7 Å². The normalized spacial score (nSPS) is 10.1. The van der Waals surface area contributed by atoms with Crippen LogP contribution in [0.15, 0.2) is 36.8 Å². The minimum absolute atomic E-state index is 0.259. The van der Waals surface area contributed by atoms with Gasteiger partial charge in [-0.2, -0.15) is 0 Å². The molecule has 0 aliphatic rings. The highest BCUT2D eigenvalue weighted by Gasteiger charge is 2.09. The fourth-order valence-corrected chi connectivity index (χ4v) is 1.60. The number of carbonyl (C=O) groups is 1. The van der Waals surface area contributed by atoms with Crippen LogP contribution in [0.25, 0.3) is 0 Å². The molecule has 2 N–H and O–H groups in total. The zero-order valence-electron chi connectivity index (χ0n) is 9.92. The first-order valence-electron chi connectivity index (χ1n) is 5.49. The van der Waals surface area contributed by atoms with E-state index >= 15 is 0 Å². The second kappa shape index (κ2) is 5.27. The molecule has 0 unspecified atom stereocenters. The molecule has 0 radical (unpaired) electrons. The molecule has 0 amide bonds. The van der Waals surface area contributed by atoms with Crippen LogP contribution in [-0.2, 0) is 6.54 Å². The number of hydrogen-bond donors (Lipinski definition) is 2. The van der Waals surface area contributed by atoms with Crippen LogP contribution >= 0.6 is 0 Å². The molecule has 5 heteroatoms. The van der Waals surface area contributed by atoms with Gasteiger partial charge in [-0.1, -0.05) is 6.07 Å². The predicted molar refractivity (Wildman–Crippen MR) is 67.5 cm³/mol. The zero-order valence-corrected chi connectivity index (χ0v) is 9.92. The van der Waals surface area contributed by atoms with E-state index in [4.69, 9.17) is 5.11 Å².